The minimum absolute atomic E-state index is 0.0342. The van der Waals surface area contributed by atoms with Gasteiger partial charge in [0.2, 0.25) is 15.9 Å². The number of rotatable bonds is 5. The number of amides is 1. The average Bonchev–Trinajstić information content (AvgIpc) is 2.79. The lowest BCUT2D eigenvalue weighted by molar-refractivity contribution is -0.135. The summed E-state index contributed by atoms with van der Waals surface area (Å²) in [4.78, 5) is 14.7. The van der Waals surface area contributed by atoms with Gasteiger partial charge in [-0.2, -0.15) is 4.31 Å². The third kappa shape index (κ3) is 4.62. The van der Waals surface area contributed by atoms with E-state index in [4.69, 9.17) is 0 Å². The van der Waals surface area contributed by atoms with Gasteiger partial charge in [-0.3, -0.25) is 4.79 Å². The summed E-state index contributed by atoms with van der Waals surface area (Å²) in [5, 5.41) is 2.30. The van der Waals surface area contributed by atoms with Crippen LogP contribution in [0.15, 0.2) is 71.6 Å². The van der Waals surface area contributed by atoms with E-state index >= 15 is 0 Å². The van der Waals surface area contributed by atoms with Gasteiger partial charge >= 0.3 is 0 Å². The normalized spacial score (nSPS) is 15.8. The molecule has 3 aromatic rings. The molecule has 1 heterocycles. The quantitative estimate of drug-likeness (QED) is 0.602. The largest absolute Gasteiger partial charge is 0.341 e. The van der Waals surface area contributed by atoms with Crippen LogP contribution in [0.4, 0.5) is 4.39 Å². The molecule has 5 nitrogen and oxygen atoms in total. The second-order valence-corrected chi connectivity index (χ2v) is 9.95. The molecule has 31 heavy (non-hydrogen) atoms. The topological polar surface area (TPSA) is 57.7 Å². The predicted octanol–water partition coefficient (Wildman–Crippen LogP) is 4.04. The van der Waals surface area contributed by atoms with E-state index in [0.717, 1.165) is 28.5 Å². The van der Waals surface area contributed by atoms with Crippen LogP contribution in [0.3, 0.4) is 0 Å². The fourth-order valence-corrected chi connectivity index (χ4v) is 5.57. The molecule has 0 saturated carbocycles. The summed E-state index contributed by atoms with van der Waals surface area (Å²) in [7, 11) is -1.88. The molecule has 3 aromatic carbocycles. The van der Waals surface area contributed by atoms with Crippen LogP contribution in [0, 0.1) is 11.7 Å². The summed E-state index contributed by atoms with van der Waals surface area (Å²) >= 11 is 0. The number of hydrogen-bond acceptors (Lipinski definition) is 3. The molecule has 1 amide bonds. The second-order valence-electron chi connectivity index (χ2n) is 8.01. The van der Waals surface area contributed by atoms with Crippen LogP contribution in [0.25, 0.3) is 10.8 Å². The van der Waals surface area contributed by atoms with Crippen molar-refractivity contribution in [2.45, 2.75) is 24.3 Å². The molecule has 0 bridgehead atoms. The molecule has 1 aliphatic rings. The molecule has 1 saturated heterocycles. The van der Waals surface area contributed by atoms with Crippen LogP contribution < -0.4 is 0 Å². The lowest BCUT2D eigenvalue weighted by atomic mass is 9.96. The van der Waals surface area contributed by atoms with Crippen molar-refractivity contribution in [2.75, 3.05) is 20.1 Å². The highest BCUT2D eigenvalue weighted by atomic mass is 32.2. The van der Waals surface area contributed by atoms with Crippen molar-refractivity contribution in [2.24, 2.45) is 5.92 Å². The molecule has 1 fully saturated rings. The molecule has 0 radical (unpaired) electrons. The first-order valence-corrected chi connectivity index (χ1v) is 11.8. The molecule has 4 rings (SSSR count). The summed E-state index contributed by atoms with van der Waals surface area (Å²) in [5.74, 6) is -0.644. The van der Waals surface area contributed by atoms with Gasteiger partial charge in [-0.15, -0.1) is 0 Å². The fraction of sp³-hybridized carbons (Fsp3) is 0.292. The molecular weight excluding hydrogens is 415 g/mol. The lowest BCUT2D eigenvalue weighted by Gasteiger charge is -2.32. The zero-order chi connectivity index (χ0) is 22.0. The van der Waals surface area contributed by atoms with Crippen LogP contribution in [0.1, 0.15) is 18.4 Å². The number of carbonyl (C=O) groups excluding carboxylic acids is 1. The first-order valence-electron chi connectivity index (χ1n) is 10.3. The van der Waals surface area contributed by atoms with Gasteiger partial charge in [-0.1, -0.05) is 36.4 Å². The van der Waals surface area contributed by atoms with E-state index in [2.05, 4.69) is 24.3 Å². The van der Waals surface area contributed by atoms with Crippen molar-refractivity contribution in [1.29, 1.82) is 0 Å². The van der Waals surface area contributed by atoms with Gasteiger partial charge in [0, 0.05) is 32.6 Å². The molecule has 1 aliphatic heterocycles. The van der Waals surface area contributed by atoms with Crippen molar-refractivity contribution in [1.82, 2.24) is 9.21 Å². The molecule has 0 aromatic heterocycles. The lowest BCUT2D eigenvalue weighted by Crippen LogP contribution is -2.43. The number of fused-ring (bicyclic) bond motifs is 1. The smallest absolute Gasteiger partial charge is 0.243 e. The highest BCUT2D eigenvalue weighted by Gasteiger charge is 2.33. The maximum atomic E-state index is 13.1. The van der Waals surface area contributed by atoms with Crippen molar-refractivity contribution < 1.29 is 17.6 Å². The summed E-state index contributed by atoms with van der Waals surface area (Å²) in [5.41, 5.74) is 1.06. The van der Waals surface area contributed by atoms with Crippen LogP contribution in [0.5, 0.6) is 0 Å². The second kappa shape index (κ2) is 8.77. The number of nitrogens with zero attached hydrogens (tertiary/aromatic N) is 2. The Kier molecular flexibility index (Phi) is 6.07. The predicted molar refractivity (Wildman–Crippen MR) is 118 cm³/mol. The summed E-state index contributed by atoms with van der Waals surface area (Å²) in [6.07, 6.45) is 0.947. The monoisotopic (exact) mass is 440 g/mol. The summed E-state index contributed by atoms with van der Waals surface area (Å²) in [6.45, 7) is 1.07. The summed E-state index contributed by atoms with van der Waals surface area (Å²) < 4.78 is 40.0. The molecule has 0 unspecified atom stereocenters. The van der Waals surface area contributed by atoms with Crippen molar-refractivity contribution in [3.63, 3.8) is 0 Å². The van der Waals surface area contributed by atoms with Crippen LogP contribution in [0.2, 0.25) is 0 Å². The molecule has 0 aliphatic carbocycles. The van der Waals surface area contributed by atoms with Gasteiger partial charge in [-0.05, 0) is 59.5 Å². The van der Waals surface area contributed by atoms with Gasteiger partial charge in [0.05, 0.1) is 4.90 Å². The number of halogens is 1. The molecular formula is C24H25FN2O3S. The van der Waals surface area contributed by atoms with E-state index in [9.17, 15) is 17.6 Å². The van der Waals surface area contributed by atoms with E-state index in [-0.39, 0.29) is 29.8 Å². The standard InChI is InChI=1S/C24H25FN2O3S/c1-26(17-18-6-7-19-4-2-3-5-21(19)16-18)24(28)20-12-14-27(15-13-20)31(29,30)23-10-8-22(25)9-11-23/h2-11,16,20H,12-15,17H2,1H3. The van der Waals surface area contributed by atoms with E-state index in [1.165, 1.54) is 16.4 Å². The van der Waals surface area contributed by atoms with E-state index in [1.54, 1.807) is 11.9 Å². The Hall–Kier alpha value is -2.77. The van der Waals surface area contributed by atoms with Gasteiger partial charge in [-0.25, -0.2) is 12.8 Å². The number of piperidine rings is 1. The van der Waals surface area contributed by atoms with E-state index < -0.39 is 15.8 Å². The van der Waals surface area contributed by atoms with Crippen molar-refractivity contribution in [3.05, 3.63) is 78.1 Å². The van der Waals surface area contributed by atoms with Gasteiger partial charge < -0.3 is 4.90 Å². The van der Waals surface area contributed by atoms with Crippen molar-refractivity contribution in [3.8, 4) is 0 Å². The zero-order valence-electron chi connectivity index (χ0n) is 17.4. The summed E-state index contributed by atoms with van der Waals surface area (Å²) in [6, 6.07) is 19.1. The third-order valence-corrected chi connectivity index (χ3v) is 7.78. The molecule has 0 spiro atoms. The van der Waals surface area contributed by atoms with Crippen LogP contribution >= 0.6 is 0 Å². The zero-order valence-corrected chi connectivity index (χ0v) is 18.2. The van der Waals surface area contributed by atoms with Crippen molar-refractivity contribution >= 4 is 26.7 Å². The molecule has 162 valence electrons. The Bertz CT molecular complexity index is 1190. The molecule has 0 atom stereocenters. The Morgan fingerprint density at radius 2 is 1.65 bits per heavy atom. The average molecular weight is 441 g/mol. The highest BCUT2D eigenvalue weighted by molar-refractivity contribution is 7.89. The van der Waals surface area contributed by atoms with E-state index in [0.29, 0.717) is 19.4 Å². The Morgan fingerprint density at radius 3 is 2.32 bits per heavy atom. The minimum atomic E-state index is -3.68. The van der Waals surface area contributed by atoms with Gasteiger partial charge in [0.1, 0.15) is 5.82 Å². The Morgan fingerprint density at radius 1 is 1.00 bits per heavy atom. The SMILES string of the molecule is CN(Cc1ccc2ccccc2c1)C(=O)C1CCN(S(=O)(=O)c2ccc(F)cc2)CC1. The minimum Gasteiger partial charge on any atom is -0.341 e. The van der Waals surface area contributed by atoms with Gasteiger partial charge in [0.25, 0.3) is 0 Å². The van der Waals surface area contributed by atoms with Gasteiger partial charge in [0.15, 0.2) is 0 Å². The first-order chi connectivity index (χ1) is 14.8. The van der Waals surface area contributed by atoms with Crippen LogP contribution in [-0.2, 0) is 21.4 Å². The molecule has 0 N–H and O–H groups in total. The maximum absolute atomic E-state index is 13.1. The number of hydrogen-bond donors (Lipinski definition) is 0. The number of benzene rings is 3. The highest BCUT2D eigenvalue weighted by Crippen LogP contribution is 2.26. The van der Waals surface area contributed by atoms with Crippen LogP contribution in [-0.4, -0.2) is 43.7 Å². The maximum Gasteiger partial charge on any atom is 0.243 e. The van der Waals surface area contributed by atoms with E-state index in [1.807, 2.05) is 18.2 Å². The number of sulfonamides is 1. The number of carbonyl (C=O) groups is 1. The Labute approximate surface area is 182 Å². The fourth-order valence-electron chi connectivity index (χ4n) is 4.10. The third-order valence-electron chi connectivity index (χ3n) is 5.86. The molecule has 7 heteroatoms. The first kappa shape index (κ1) is 21.5. The Balaban J connectivity index is 1.37.